The first-order valence-corrected chi connectivity index (χ1v) is 4.70. The van der Waals surface area contributed by atoms with Crippen LogP contribution in [0.15, 0.2) is 12.1 Å². The second kappa shape index (κ2) is 7.19. The lowest BCUT2D eigenvalue weighted by Crippen LogP contribution is -2.06. The fraction of sp³-hybridized carbons (Fsp3) is 0.455. The summed E-state index contributed by atoms with van der Waals surface area (Å²) in [5, 5.41) is 3.07. The molecule has 92 valence electrons. The van der Waals surface area contributed by atoms with Gasteiger partial charge in [-0.3, -0.25) is 0 Å². The Labute approximate surface area is 102 Å². The lowest BCUT2D eigenvalue weighted by atomic mass is 10.2. The van der Waals surface area contributed by atoms with E-state index in [4.69, 9.17) is 14.2 Å². The van der Waals surface area contributed by atoms with Crippen molar-refractivity contribution in [3.63, 3.8) is 0 Å². The molecule has 0 aliphatic rings. The highest BCUT2D eigenvalue weighted by Crippen LogP contribution is 2.38. The standard InChI is InChI=1S/C11H17NO3.ClH/c1-12-7-8-5-9(13-2)11(15-4)10(6-8)14-3;/h5-6,12H,7H2,1-4H3;1H. The highest BCUT2D eigenvalue weighted by Gasteiger charge is 2.12. The summed E-state index contributed by atoms with van der Waals surface area (Å²) < 4.78 is 15.7. The number of rotatable bonds is 5. The van der Waals surface area contributed by atoms with Crippen molar-refractivity contribution in [2.75, 3.05) is 28.4 Å². The molecule has 5 heteroatoms. The molecular weight excluding hydrogens is 230 g/mol. The third-order valence-electron chi connectivity index (χ3n) is 2.11. The van der Waals surface area contributed by atoms with E-state index in [2.05, 4.69) is 5.32 Å². The molecule has 0 amide bonds. The minimum absolute atomic E-state index is 0. The van der Waals surface area contributed by atoms with Crippen LogP contribution in [0.4, 0.5) is 0 Å². The van der Waals surface area contributed by atoms with Crippen LogP contribution in [0.5, 0.6) is 17.2 Å². The third-order valence-corrected chi connectivity index (χ3v) is 2.11. The van der Waals surface area contributed by atoms with Crippen molar-refractivity contribution in [2.24, 2.45) is 0 Å². The zero-order chi connectivity index (χ0) is 11.3. The van der Waals surface area contributed by atoms with Crippen molar-refractivity contribution < 1.29 is 14.2 Å². The van der Waals surface area contributed by atoms with E-state index in [9.17, 15) is 0 Å². The Morgan fingerprint density at radius 2 is 1.50 bits per heavy atom. The van der Waals surface area contributed by atoms with E-state index in [0.717, 1.165) is 12.1 Å². The maximum Gasteiger partial charge on any atom is 0.203 e. The topological polar surface area (TPSA) is 39.7 Å². The van der Waals surface area contributed by atoms with E-state index in [1.807, 2.05) is 19.2 Å². The first-order chi connectivity index (χ1) is 7.26. The van der Waals surface area contributed by atoms with Crippen LogP contribution in [0.1, 0.15) is 5.56 Å². The average Bonchev–Trinajstić information content (AvgIpc) is 2.28. The molecule has 0 atom stereocenters. The van der Waals surface area contributed by atoms with Gasteiger partial charge < -0.3 is 19.5 Å². The molecule has 1 aromatic carbocycles. The molecule has 0 saturated carbocycles. The summed E-state index contributed by atoms with van der Waals surface area (Å²) in [4.78, 5) is 0. The maximum atomic E-state index is 5.23. The molecule has 0 aromatic heterocycles. The van der Waals surface area contributed by atoms with Gasteiger partial charge in [0.1, 0.15) is 0 Å². The largest absolute Gasteiger partial charge is 0.493 e. The van der Waals surface area contributed by atoms with Gasteiger partial charge in [-0.2, -0.15) is 0 Å². The summed E-state index contributed by atoms with van der Waals surface area (Å²) in [6, 6.07) is 3.86. The Morgan fingerprint density at radius 3 is 1.81 bits per heavy atom. The number of nitrogens with one attached hydrogen (secondary N) is 1. The number of ether oxygens (including phenoxy) is 3. The second-order valence-corrected chi connectivity index (χ2v) is 3.06. The molecule has 0 saturated heterocycles. The number of hydrogen-bond acceptors (Lipinski definition) is 4. The van der Waals surface area contributed by atoms with E-state index >= 15 is 0 Å². The minimum atomic E-state index is 0. The summed E-state index contributed by atoms with van der Waals surface area (Å²) in [7, 11) is 6.71. The van der Waals surface area contributed by atoms with Gasteiger partial charge in [-0.1, -0.05) is 0 Å². The number of benzene rings is 1. The average molecular weight is 248 g/mol. The maximum absolute atomic E-state index is 5.23. The van der Waals surface area contributed by atoms with Crippen molar-refractivity contribution in [1.82, 2.24) is 5.32 Å². The van der Waals surface area contributed by atoms with Crippen LogP contribution >= 0.6 is 12.4 Å². The molecule has 0 aliphatic carbocycles. The molecule has 1 rings (SSSR count). The molecule has 1 aromatic rings. The zero-order valence-corrected chi connectivity index (χ0v) is 10.8. The van der Waals surface area contributed by atoms with Crippen molar-refractivity contribution in [3.05, 3.63) is 17.7 Å². The highest BCUT2D eigenvalue weighted by atomic mass is 35.5. The van der Waals surface area contributed by atoms with Crippen molar-refractivity contribution in [3.8, 4) is 17.2 Å². The number of halogens is 1. The summed E-state index contributed by atoms with van der Waals surface area (Å²) in [6.07, 6.45) is 0. The lowest BCUT2D eigenvalue weighted by molar-refractivity contribution is 0.323. The molecule has 0 aliphatic heterocycles. The van der Waals surface area contributed by atoms with Crippen molar-refractivity contribution in [2.45, 2.75) is 6.54 Å². The highest BCUT2D eigenvalue weighted by molar-refractivity contribution is 5.85. The quantitative estimate of drug-likeness (QED) is 0.862. The molecule has 0 radical (unpaired) electrons. The molecule has 0 spiro atoms. The number of hydrogen-bond donors (Lipinski definition) is 1. The molecule has 1 N–H and O–H groups in total. The third kappa shape index (κ3) is 3.18. The molecule has 4 nitrogen and oxygen atoms in total. The summed E-state index contributed by atoms with van der Waals surface area (Å²) in [6.45, 7) is 0.761. The van der Waals surface area contributed by atoms with Gasteiger partial charge in [-0.25, -0.2) is 0 Å². The van der Waals surface area contributed by atoms with Gasteiger partial charge in [-0.15, -0.1) is 12.4 Å². The van der Waals surface area contributed by atoms with Gasteiger partial charge in [0.05, 0.1) is 21.3 Å². The van der Waals surface area contributed by atoms with Gasteiger partial charge >= 0.3 is 0 Å². The lowest BCUT2D eigenvalue weighted by Gasteiger charge is -2.13. The van der Waals surface area contributed by atoms with Crippen LogP contribution in [0.3, 0.4) is 0 Å². The zero-order valence-electron chi connectivity index (χ0n) is 9.99. The molecule has 0 bridgehead atoms. The molecule has 0 fully saturated rings. The van der Waals surface area contributed by atoms with Crippen molar-refractivity contribution in [1.29, 1.82) is 0 Å². The normalized spacial score (nSPS) is 9.25. The van der Waals surface area contributed by atoms with E-state index < -0.39 is 0 Å². The van der Waals surface area contributed by atoms with E-state index in [1.165, 1.54) is 0 Å². The Morgan fingerprint density at radius 1 is 1.00 bits per heavy atom. The van der Waals surface area contributed by atoms with Gasteiger partial charge in [-0.05, 0) is 24.7 Å². The Hall–Kier alpha value is -1.13. The SMILES string of the molecule is CNCc1cc(OC)c(OC)c(OC)c1.Cl. The van der Waals surface area contributed by atoms with Gasteiger partial charge in [0.2, 0.25) is 5.75 Å². The fourth-order valence-corrected chi connectivity index (χ4v) is 1.44. The fourth-order valence-electron chi connectivity index (χ4n) is 1.44. The minimum Gasteiger partial charge on any atom is -0.493 e. The number of methoxy groups -OCH3 is 3. The van der Waals surface area contributed by atoms with E-state index in [-0.39, 0.29) is 12.4 Å². The summed E-state index contributed by atoms with van der Waals surface area (Å²) in [5.41, 5.74) is 1.09. The van der Waals surface area contributed by atoms with E-state index in [1.54, 1.807) is 21.3 Å². The Kier molecular flexibility index (Phi) is 6.69. The van der Waals surface area contributed by atoms with Crippen LogP contribution in [-0.4, -0.2) is 28.4 Å². The Bertz CT molecular complexity index is 306. The van der Waals surface area contributed by atoms with Crippen molar-refractivity contribution >= 4 is 12.4 Å². The first kappa shape index (κ1) is 14.9. The van der Waals surface area contributed by atoms with Crippen LogP contribution < -0.4 is 19.5 Å². The summed E-state index contributed by atoms with van der Waals surface area (Å²) >= 11 is 0. The van der Waals surface area contributed by atoms with Gasteiger partial charge in [0, 0.05) is 6.54 Å². The smallest absolute Gasteiger partial charge is 0.203 e. The van der Waals surface area contributed by atoms with Crippen LogP contribution in [0.25, 0.3) is 0 Å². The monoisotopic (exact) mass is 247 g/mol. The van der Waals surface area contributed by atoms with Crippen LogP contribution in [0.2, 0.25) is 0 Å². The predicted molar refractivity (Wildman–Crippen MR) is 66.1 cm³/mol. The van der Waals surface area contributed by atoms with Gasteiger partial charge in [0.15, 0.2) is 11.5 Å². The molecule has 0 heterocycles. The van der Waals surface area contributed by atoms with Crippen LogP contribution in [-0.2, 0) is 6.54 Å². The molecule has 0 unspecified atom stereocenters. The molecule has 16 heavy (non-hydrogen) atoms. The summed E-state index contributed by atoms with van der Waals surface area (Å²) in [5.74, 6) is 1.99. The van der Waals surface area contributed by atoms with Crippen LogP contribution in [0, 0.1) is 0 Å². The predicted octanol–water partition coefficient (Wildman–Crippen LogP) is 1.85. The second-order valence-electron chi connectivity index (χ2n) is 3.06. The first-order valence-electron chi connectivity index (χ1n) is 4.70. The van der Waals surface area contributed by atoms with Gasteiger partial charge in [0.25, 0.3) is 0 Å². The Balaban J connectivity index is 0.00000225. The molecular formula is C11H18ClNO3. The van der Waals surface area contributed by atoms with E-state index in [0.29, 0.717) is 17.2 Å².